The molecule has 3 nitrogen and oxygen atoms in total. The van der Waals surface area contributed by atoms with Gasteiger partial charge in [0.05, 0.1) is 6.20 Å². The monoisotopic (exact) mass is 209 g/mol. The molecule has 0 atom stereocenters. The Morgan fingerprint density at radius 1 is 1.40 bits per heavy atom. The van der Waals surface area contributed by atoms with Crippen molar-refractivity contribution in [2.24, 2.45) is 5.41 Å². The smallest absolute Gasteiger partial charge is 0.0521 e. The lowest BCUT2D eigenvalue weighted by molar-refractivity contribution is 0.342. The maximum absolute atomic E-state index is 4.30. The molecule has 0 spiro atoms. The van der Waals surface area contributed by atoms with Crippen molar-refractivity contribution in [3.8, 4) is 0 Å². The van der Waals surface area contributed by atoms with Crippen LogP contribution in [0.15, 0.2) is 12.4 Å². The van der Waals surface area contributed by atoms with E-state index < -0.39 is 0 Å². The summed E-state index contributed by atoms with van der Waals surface area (Å²) >= 11 is 0. The van der Waals surface area contributed by atoms with Gasteiger partial charge in [0.25, 0.3) is 0 Å². The number of hydrogen-bond donors (Lipinski definition) is 1. The van der Waals surface area contributed by atoms with E-state index in [2.05, 4.69) is 44.3 Å². The van der Waals surface area contributed by atoms with E-state index in [0.717, 1.165) is 26.1 Å². The zero-order valence-corrected chi connectivity index (χ0v) is 10.4. The number of nitrogens with one attached hydrogen (secondary N) is 1. The first-order chi connectivity index (χ1) is 7.07. The second-order valence-corrected chi connectivity index (χ2v) is 4.83. The highest BCUT2D eigenvalue weighted by molar-refractivity contribution is 5.06. The zero-order chi connectivity index (χ0) is 11.3. The summed E-state index contributed by atoms with van der Waals surface area (Å²) in [7, 11) is 0. The molecule has 0 aliphatic carbocycles. The highest BCUT2D eigenvalue weighted by Gasteiger charge is 2.18. The summed E-state index contributed by atoms with van der Waals surface area (Å²) in [5, 5.41) is 7.70. The maximum Gasteiger partial charge on any atom is 0.0521 e. The number of hydrogen-bond acceptors (Lipinski definition) is 2. The van der Waals surface area contributed by atoms with Crippen LogP contribution in [0.3, 0.4) is 0 Å². The van der Waals surface area contributed by atoms with Crippen LogP contribution in [0.4, 0.5) is 0 Å². The van der Waals surface area contributed by atoms with Crippen molar-refractivity contribution in [1.29, 1.82) is 0 Å². The van der Waals surface area contributed by atoms with Crippen molar-refractivity contribution in [1.82, 2.24) is 15.1 Å². The molecule has 1 aromatic rings. The topological polar surface area (TPSA) is 29.9 Å². The van der Waals surface area contributed by atoms with Gasteiger partial charge in [-0.15, -0.1) is 0 Å². The Balaban J connectivity index is 2.52. The number of aryl methyl sites for hydroxylation is 1. The fourth-order valence-corrected chi connectivity index (χ4v) is 1.75. The highest BCUT2D eigenvalue weighted by atomic mass is 15.3. The molecule has 86 valence electrons. The van der Waals surface area contributed by atoms with Gasteiger partial charge in [0.1, 0.15) is 0 Å². The second kappa shape index (κ2) is 5.31. The van der Waals surface area contributed by atoms with Gasteiger partial charge in [-0.3, -0.25) is 4.68 Å². The van der Waals surface area contributed by atoms with E-state index >= 15 is 0 Å². The molecule has 1 heterocycles. The summed E-state index contributed by atoms with van der Waals surface area (Å²) in [5.41, 5.74) is 1.64. The molecule has 0 saturated heterocycles. The van der Waals surface area contributed by atoms with E-state index in [9.17, 15) is 0 Å². The molecule has 1 aromatic heterocycles. The minimum Gasteiger partial charge on any atom is -0.316 e. The minimum atomic E-state index is 0.303. The van der Waals surface area contributed by atoms with Gasteiger partial charge in [0.15, 0.2) is 0 Å². The Morgan fingerprint density at radius 2 is 2.13 bits per heavy atom. The van der Waals surface area contributed by atoms with Crippen LogP contribution in [0.1, 0.15) is 33.3 Å². The summed E-state index contributed by atoms with van der Waals surface area (Å²) in [5.74, 6) is 0. The molecule has 0 aliphatic heterocycles. The first-order valence-electron chi connectivity index (χ1n) is 5.79. The molecule has 1 rings (SSSR count). The van der Waals surface area contributed by atoms with Crippen molar-refractivity contribution in [2.45, 2.75) is 40.7 Å². The first-order valence-corrected chi connectivity index (χ1v) is 5.79. The summed E-state index contributed by atoms with van der Waals surface area (Å²) in [4.78, 5) is 0. The van der Waals surface area contributed by atoms with Crippen LogP contribution in [0, 0.1) is 5.41 Å². The average molecular weight is 209 g/mol. The zero-order valence-electron chi connectivity index (χ0n) is 10.4. The molecular formula is C12H23N3. The minimum absolute atomic E-state index is 0.303. The Bertz CT molecular complexity index is 289. The van der Waals surface area contributed by atoms with Crippen molar-refractivity contribution >= 4 is 0 Å². The Hall–Kier alpha value is -0.830. The Labute approximate surface area is 92.9 Å². The quantitative estimate of drug-likeness (QED) is 0.777. The number of nitrogens with zero attached hydrogens (tertiary/aromatic N) is 2. The molecule has 0 amide bonds. The van der Waals surface area contributed by atoms with E-state index in [4.69, 9.17) is 0 Å². The fourth-order valence-electron chi connectivity index (χ4n) is 1.75. The van der Waals surface area contributed by atoms with Crippen LogP contribution in [0.25, 0.3) is 0 Å². The van der Waals surface area contributed by atoms with Crippen molar-refractivity contribution in [3.63, 3.8) is 0 Å². The largest absolute Gasteiger partial charge is 0.316 e. The van der Waals surface area contributed by atoms with Crippen LogP contribution < -0.4 is 5.32 Å². The molecule has 3 heteroatoms. The van der Waals surface area contributed by atoms with E-state index in [1.807, 2.05) is 10.9 Å². The van der Waals surface area contributed by atoms with Crippen LogP contribution in [-0.2, 0) is 13.0 Å². The lowest BCUT2D eigenvalue weighted by Gasteiger charge is -2.24. The van der Waals surface area contributed by atoms with Crippen LogP contribution in [0.2, 0.25) is 0 Å². The number of aromatic nitrogens is 2. The molecular weight excluding hydrogens is 186 g/mol. The second-order valence-electron chi connectivity index (χ2n) is 4.83. The van der Waals surface area contributed by atoms with Gasteiger partial charge in [-0.25, -0.2) is 0 Å². The van der Waals surface area contributed by atoms with Gasteiger partial charge >= 0.3 is 0 Å². The van der Waals surface area contributed by atoms with Crippen LogP contribution in [-0.4, -0.2) is 22.9 Å². The fraction of sp³-hybridized carbons (Fsp3) is 0.750. The van der Waals surface area contributed by atoms with Gasteiger partial charge in [0.2, 0.25) is 0 Å². The van der Waals surface area contributed by atoms with Crippen molar-refractivity contribution < 1.29 is 0 Å². The summed E-state index contributed by atoms with van der Waals surface area (Å²) in [6.45, 7) is 11.9. The first kappa shape index (κ1) is 12.2. The van der Waals surface area contributed by atoms with Gasteiger partial charge < -0.3 is 5.32 Å². The summed E-state index contributed by atoms with van der Waals surface area (Å²) in [6.07, 6.45) is 5.21. The molecule has 0 radical (unpaired) electrons. The van der Waals surface area contributed by atoms with Gasteiger partial charge in [0, 0.05) is 19.3 Å². The average Bonchev–Trinajstić information content (AvgIpc) is 2.62. The van der Waals surface area contributed by atoms with E-state index in [0.29, 0.717) is 5.41 Å². The third-order valence-corrected chi connectivity index (χ3v) is 2.55. The summed E-state index contributed by atoms with van der Waals surface area (Å²) < 4.78 is 1.98. The standard InChI is InChI=1S/C12H23N3/c1-5-13-10-12(3,4)7-11-8-14-15(6-2)9-11/h8-9,13H,5-7,10H2,1-4H3. The SMILES string of the molecule is CCNCC(C)(C)Cc1cnn(CC)c1. The highest BCUT2D eigenvalue weighted by Crippen LogP contribution is 2.20. The molecule has 0 unspecified atom stereocenters. The van der Waals surface area contributed by atoms with Crippen LogP contribution in [0.5, 0.6) is 0 Å². The van der Waals surface area contributed by atoms with E-state index in [-0.39, 0.29) is 0 Å². The lowest BCUT2D eigenvalue weighted by Crippen LogP contribution is -2.30. The Morgan fingerprint density at radius 3 is 2.67 bits per heavy atom. The van der Waals surface area contributed by atoms with E-state index in [1.54, 1.807) is 0 Å². The predicted octanol–water partition coefficient (Wildman–Crippen LogP) is 2.08. The lowest BCUT2D eigenvalue weighted by atomic mass is 9.87. The molecule has 0 bridgehead atoms. The molecule has 0 saturated carbocycles. The molecule has 0 aliphatic rings. The molecule has 15 heavy (non-hydrogen) atoms. The molecule has 1 N–H and O–H groups in total. The van der Waals surface area contributed by atoms with Crippen LogP contribution >= 0.6 is 0 Å². The predicted molar refractivity (Wildman–Crippen MR) is 63.9 cm³/mol. The molecule has 0 aromatic carbocycles. The number of rotatable bonds is 6. The van der Waals surface area contributed by atoms with Gasteiger partial charge in [-0.1, -0.05) is 20.8 Å². The van der Waals surface area contributed by atoms with Gasteiger partial charge in [-0.2, -0.15) is 5.10 Å². The maximum atomic E-state index is 4.30. The van der Waals surface area contributed by atoms with Crippen molar-refractivity contribution in [3.05, 3.63) is 18.0 Å². The third kappa shape index (κ3) is 4.04. The molecule has 0 fully saturated rings. The van der Waals surface area contributed by atoms with E-state index in [1.165, 1.54) is 5.56 Å². The third-order valence-electron chi connectivity index (χ3n) is 2.55. The van der Waals surface area contributed by atoms with Crippen molar-refractivity contribution in [2.75, 3.05) is 13.1 Å². The summed E-state index contributed by atoms with van der Waals surface area (Å²) in [6, 6.07) is 0. The normalized spacial score (nSPS) is 12.0. The van der Waals surface area contributed by atoms with Gasteiger partial charge in [-0.05, 0) is 30.9 Å². The Kier molecular flexibility index (Phi) is 4.33.